The summed E-state index contributed by atoms with van der Waals surface area (Å²) in [4.78, 5) is 28.5. The predicted molar refractivity (Wildman–Crippen MR) is 92.8 cm³/mol. The van der Waals surface area contributed by atoms with Crippen molar-refractivity contribution in [3.63, 3.8) is 0 Å². The molecule has 1 aliphatic carbocycles. The van der Waals surface area contributed by atoms with E-state index in [1.165, 1.54) is 0 Å². The Morgan fingerprint density at radius 2 is 1.88 bits per heavy atom. The lowest BCUT2D eigenvalue weighted by atomic mass is 10.2. The van der Waals surface area contributed by atoms with Crippen LogP contribution in [0.2, 0.25) is 10.0 Å². The topological polar surface area (TPSA) is 71.1 Å². The summed E-state index contributed by atoms with van der Waals surface area (Å²) in [6.45, 7) is 0.352. The van der Waals surface area contributed by atoms with E-state index in [0.717, 1.165) is 5.69 Å². The zero-order valence-electron chi connectivity index (χ0n) is 12.6. The highest BCUT2D eigenvalue weighted by atomic mass is 35.5. The molecule has 2 aromatic rings. The van der Waals surface area contributed by atoms with Gasteiger partial charge in [-0.3, -0.25) is 14.6 Å². The molecular weight excluding hydrogens is 349 g/mol. The van der Waals surface area contributed by atoms with Crippen molar-refractivity contribution >= 4 is 40.7 Å². The van der Waals surface area contributed by atoms with Gasteiger partial charge < -0.3 is 10.6 Å². The summed E-state index contributed by atoms with van der Waals surface area (Å²) >= 11 is 12.0. The third kappa shape index (κ3) is 3.86. The minimum absolute atomic E-state index is 0.141. The first kappa shape index (κ1) is 16.7. The second-order valence-corrected chi connectivity index (χ2v) is 6.36. The Kier molecular flexibility index (Phi) is 5.02. The standard InChI is InChI=1S/C17H15Cl2N3O2/c18-13-5-3-6-14(15(13)19)22-17(24)12-8-11(12)16(23)21-9-10-4-1-2-7-20-10/h1-7,11-12H,8-9H2,(H,21,23)(H,22,24). The van der Waals surface area contributed by atoms with E-state index in [-0.39, 0.29) is 23.7 Å². The van der Waals surface area contributed by atoms with Gasteiger partial charge in [-0.25, -0.2) is 0 Å². The Hall–Kier alpha value is -2.11. The molecule has 1 fully saturated rings. The molecule has 1 aliphatic rings. The zero-order chi connectivity index (χ0) is 17.1. The Morgan fingerprint density at radius 1 is 1.08 bits per heavy atom. The zero-order valence-corrected chi connectivity index (χ0v) is 14.1. The van der Waals surface area contributed by atoms with Gasteiger partial charge >= 0.3 is 0 Å². The first-order valence-corrected chi connectivity index (χ1v) is 8.24. The maximum absolute atomic E-state index is 12.2. The van der Waals surface area contributed by atoms with Gasteiger partial charge in [0.1, 0.15) is 0 Å². The number of amides is 2. The van der Waals surface area contributed by atoms with Crippen molar-refractivity contribution in [3.05, 3.63) is 58.3 Å². The van der Waals surface area contributed by atoms with Gasteiger partial charge in [-0.1, -0.05) is 35.3 Å². The predicted octanol–water partition coefficient (Wildman–Crippen LogP) is 3.28. The summed E-state index contributed by atoms with van der Waals surface area (Å²) in [6.07, 6.45) is 2.20. The Morgan fingerprint density at radius 3 is 2.62 bits per heavy atom. The number of nitrogens with one attached hydrogen (secondary N) is 2. The highest BCUT2D eigenvalue weighted by molar-refractivity contribution is 6.44. The number of carbonyl (C=O) groups is 2. The number of hydrogen-bond acceptors (Lipinski definition) is 3. The lowest BCUT2D eigenvalue weighted by Gasteiger charge is -2.08. The van der Waals surface area contributed by atoms with Gasteiger partial charge in [-0.15, -0.1) is 0 Å². The highest BCUT2D eigenvalue weighted by Crippen LogP contribution is 2.40. The van der Waals surface area contributed by atoms with Crippen LogP contribution in [0, 0.1) is 11.8 Å². The van der Waals surface area contributed by atoms with Crippen LogP contribution in [0.1, 0.15) is 12.1 Å². The van der Waals surface area contributed by atoms with Crippen LogP contribution < -0.4 is 10.6 Å². The van der Waals surface area contributed by atoms with Crippen LogP contribution in [0.25, 0.3) is 0 Å². The molecule has 0 saturated heterocycles. The van der Waals surface area contributed by atoms with E-state index in [0.29, 0.717) is 28.7 Å². The second kappa shape index (κ2) is 7.20. The average molecular weight is 364 g/mol. The number of aromatic nitrogens is 1. The number of pyridine rings is 1. The third-order valence-corrected chi connectivity index (χ3v) is 4.66. The molecule has 0 radical (unpaired) electrons. The van der Waals surface area contributed by atoms with Crippen molar-refractivity contribution in [3.8, 4) is 0 Å². The van der Waals surface area contributed by atoms with E-state index in [1.807, 2.05) is 18.2 Å². The molecular formula is C17H15Cl2N3O2. The van der Waals surface area contributed by atoms with Crippen LogP contribution in [-0.4, -0.2) is 16.8 Å². The lowest BCUT2D eigenvalue weighted by Crippen LogP contribution is -2.27. The van der Waals surface area contributed by atoms with E-state index in [4.69, 9.17) is 23.2 Å². The van der Waals surface area contributed by atoms with E-state index < -0.39 is 0 Å². The van der Waals surface area contributed by atoms with Crippen LogP contribution in [0.15, 0.2) is 42.6 Å². The van der Waals surface area contributed by atoms with Gasteiger partial charge in [0.2, 0.25) is 11.8 Å². The molecule has 7 heteroatoms. The van der Waals surface area contributed by atoms with Gasteiger partial charge in [-0.2, -0.15) is 0 Å². The molecule has 0 bridgehead atoms. The minimum atomic E-state index is -0.344. The van der Waals surface area contributed by atoms with E-state index in [9.17, 15) is 9.59 Å². The monoisotopic (exact) mass is 363 g/mol. The third-order valence-electron chi connectivity index (χ3n) is 3.84. The van der Waals surface area contributed by atoms with E-state index in [2.05, 4.69) is 15.6 Å². The van der Waals surface area contributed by atoms with Crippen LogP contribution in [0.5, 0.6) is 0 Å². The van der Waals surface area contributed by atoms with Crippen LogP contribution in [0.3, 0.4) is 0 Å². The fraction of sp³-hybridized carbons (Fsp3) is 0.235. The van der Waals surface area contributed by atoms with Crippen molar-refractivity contribution in [1.29, 1.82) is 0 Å². The van der Waals surface area contributed by atoms with Crippen LogP contribution in [-0.2, 0) is 16.1 Å². The van der Waals surface area contributed by atoms with Gasteiger partial charge in [0.15, 0.2) is 0 Å². The van der Waals surface area contributed by atoms with Crippen LogP contribution in [0.4, 0.5) is 5.69 Å². The van der Waals surface area contributed by atoms with Gasteiger partial charge in [0.25, 0.3) is 0 Å². The maximum Gasteiger partial charge on any atom is 0.228 e. The van der Waals surface area contributed by atoms with E-state index in [1.54, 1.807) is 24.4 Å². The fourth-order valence-corrected chi connectivity index (χ4v) is 2.76. The first-order chi connectivity index (χ1) is 11.6. The SMILES string of the molecule is O=C(NCc1ccccn1)C1CC1C(=O)Nc1cccc(Cl)c1Cl. The van der Waals surface area contributed by atoms with Crippen molar-refractivity contribution in [2.45, 2.75) is 13.0 Å². The van der Waals surface area contributed by atoms with Crippen molar-refractivity contribution in [2.75, 3.05) is 5.32 Å². The second-order valence-electron chi connectivity index (χ2n) is 5.58. The van der Waals surface area contributed by atoms with Crippen molar-refractivity contribution in [1.82, 2.24) is 10.3 Å². The summed E-state index contributed by atoms with van der Waals surface area (Å²) in [7, 11) is 0. The van der Waals surface area contributed by atoms with Gasteiger partial charge in [0, 0.05) is 6.20 Å². The smallest absolute Gasteiger partial charge is 0.228 e. The number of halogens is 2. The summed E-state index contributed by atoms with van der Waals surface area (Å²) in [5.74, 6) is -1.02. The molecule has 3 rings (SSSR count). The molecule has 2 amide bonds. The number of carbonyl (C=O) groups excluding carboxylic acids is 2. The molecule has 5 nitrogen and oxygen atoms in total. The summed E-state index contributed by atoms with van der Waals surface area (Å²) in [5, 5.41) is 6.19. The van der Waals surface area contributed by atoms with Crippen LogP contribution >= 0.6 is 23.2 Å². The number of rotatable bonds is 5. The molecule has 124 valence electrons. The van der Waals surface area contributed by atoms with Gasteiger partial charge in [-0.05, 0) is 30.7 Å². The highest BCUT2D eigenvalue weighted by Gasteiger charge is 2.48. The fourth-order valence-electron chi connectivity index (χ4n) is 2.41. The van der Waals surface area contributed by atoms with E-state index >= 15 is 0 Å². The molecule has 2 N–H and O–H groups in total. The quantitative estimate of drug-likeness (QED) is 0.855. The summed E-state index contributed by atoms with van der Waals surface area (Å²) in [6, 6.07) is 10.5. The lowest BCUT2D eigenvalue weighted by molar-refractivity contribution is -0.125. The maximum atomic E-state index is 12.2. The molecule has 2 atom stereocenters. The number of anilines is 1. The Bertz CT molecular complexity index is 768. The summed E-state index contributed by atoms with van der Waals surface area (Å²) in [5.41, 5.74) is 1.23. The molecule has 1 heterocycles. The number of nitrogens with zero attached hydrogens (tertiary/aromatic N) is 1. The summed E-state index contributed by atoms with van der Waals surface area (Å²) < 4.78 is 0. The number of benzene rings is 1. The van der Waals surface area contributed by atoms with Crippen molar-refractivity contribution in [2.24, 2.45) is 11.8 Å². The first-order valence-electron chi connectivity index (χ1n) is 7.48. The molecule has 24 heavy (non-hydrogen) atoms. The van der Waals surface area contributed by atoms with Crippen molar-refractivity contribution < 1.29 is 9.59 Å². The Labute approximate surface area is 149 Å². The molecule has 0 spiro atoms. The molecule has 1 aromatic heterocycles. The normalized spacial score (nSPS) is 18.8. The molecule has 1 saturated carbocycles. The average Bonchev–Trinajstić information content (AvgIpc) is 3.39. The molecule has 0 aliphatic heterocycles. The van der Waals surface area contributed by atoms with Gasteiger partial charge in [0.05, 0.1) is 39.8 Å². The largest absolute Gasteiger partial charge is 0.350 e. The molecule has 2 unspecified atom stereocenters. The molecule has 1 aromatic carbocycles. The number of hydrogen-bond donors (Lipinski definition) is 2. The minimum Gasteiger partial charge on any atom is -0.350 e. The Balaban J connectivity index is 1.52.